The Morgan fingerprint density at radius 3 is 2.90 bits per heavy atom. The van der Waals surface area contributed by atoms with Crippen LogP contribution in [0.5, 0.6) is 11.5 Å². The molecule has 2 N–H and O–H groups in total. The van der Waals surface area contributed by atoms with Crippen molar-refractivity contribution in [1.29, 1.82) is 0 Å². The van der Waals surface area contributed by atoms with Gasteiger partial charge in [-0.05, 0) is 46.2 Å². The number of fused-ring (bicyclic) bond motifs is 1. The fourth-order valence-electron chi connectivity index (χ4n) is 3.29. The molecule has 1 aliphatic rings. The summed E-state index contributed by atoms with van der Waals surface area (Å²) in [4.78, 5) is 8.95. The van der Waals surface area contributed by atoms with Gasteiger partial charge in [-0.25, -0.2) is 4.99 Å². The molecule has 2 heterocycles. The predicted octanol–water partition coefficient (Wildman–Crippen LogP) is 2.79. The van der Waals surface area contributed by atoms with E-state index in [0.29, 0.717) is 24.9 Å². The maximum atomic E-state index is 5.90. The zero-order chi connectivity index (χ0) is 20.6. The number of nitrogens with one attached hydrogen (secondary N) is 2. The fraction of sp³-hybridized carbons (Fsp3) is 0.571. The van der Waals surface area contributed by atoms with Gasteiger partial charge < -0.3 is 24.6 Å². The van der Waals surface area contributed by atoms with E-state index in [1.807, 2.05) is 13.8 Å². The molecule has 0 fully saturated rings. The van der Waals surface area contributed by atoms with E-state index in [9.17, 15) is 0 Å². The molecule has 0 bridgehead atoms. The van der Waals surface area contributed by atoms with Gasteiger partial charge in [0.05, 0.1) is 13.2 Å². The van der Waals surface area contributed by atoms with Crippen molar-refractivity contribution < 1.29 is 14.0 Å². The van der Waals surface area contributed by atoms with Gasteiger partial charge in [-0.3, -0.25) is 0 Å². The summed E-state index contributed by atoms with van der Waals surface area (Å²) in [6.07, 6.45) is 2.74. The Labute approximate surface area is 172 Å². The number of ether oxygens (including phenoxy) is 2. The first kappa shape index (κ1) is 21.0. The van der Waals surface area contributed by atoms with Crippen molar-refractivity contribution in [1.82, 2.24) is 20.8 Å². The molecule has 1 aromatic heterocycles. The highest BCUT2D eigenvalue weighted by atomic mass is 16.5. The Balaban J connectivity index is 1.60. The molecular formula is C21H31N5O3. The summed E-state index contributed by atoms with van der Waals surface area (Å²) in [6.45, 7) is 10.6. The highest BCUT2D eigenvalue weighted by Gasteiger charge is 2.21. The van der Waals surface area contributed by atoms with E-state index in [1.54, 1.807) is 0 Å². The van der Waals surface area contributed by atoms with E-state index in [0.717, 1.165) is 55.4 Å². The first-order valence-corrected chi connectivity index (χ1v) is 10.4. The van der Waals surface area contributed by atoms with Crippen LogP contribution in [0.3, 0.4) is 0 Å². The molecule has 0 saturated heterocycles. The molecule has 0 aliphatic carbocycles. The van der Waals surface area contributed by atoms with Crippen LogP contribution in [0, 0.1) is 6.92 Å². The van der Waals surface area contributed by atoms with Gasteiger partial charge >= 0.3 is 0 Å². The third-order valence-corrected chi connectivity index (χ3v) is 4.56. The topological polar surface area (TPSA) is 93.8 Å². The smallest absolute Gasteiger partial charge is 0.226 e. The summed E-state index contributed by atoms with van der Waals surface area (Å²) in [5, 5.41) is 10.4. The van der Waals surface area contributed by atoms with Crippen LogP contribution in [0.2, 0.25) is 0 Å². The van der Waals surface area contributed by atoms with Crippen molar-refractivity contribution in [3.63, 3.8) is 0 Å². The van der Waals surface area contributed by atoms with E-state index < -0.39 is 0 Å². The van der Waals surface area contributed by atoms with E-state index in [1.165, 1.54) is 5.56 Å². The largest absolute Gasteiger partial charge is 0.494 e. The van der Waals surface area contributed by atoms with Crippen molar-refractivity contribution in [2.45, 2.75) is 59.6 Å². The standard InChI is InChI=1S/C21H31N5O3/c1-5-22-21(23-9-7-8-20-25-15(4)26-29-20)24-13-17-12-19-16(10-14(3)28-19)11-18(17)27-6-2/h11-12,14H,5-10,13H2,1-4H3,(H2,22,23,24). The van der Waals surface area contributed by atoms with Gasteiger partial charge in [0.1, 0.15) is 17.6 Å². The average Bonchev–Trinajstić information content (AvgIpc) is 3.27. The van der Waals surface area contributed by atoms with Crippen LogP contribution in [0.25, 0.3) is 0 Å². The Bertz CT molecular complexity index is 834. The summed E-state index contributed by atoms with van der Waals surface area (Å²) >= 11 is 0. The minimum Gasteiger partial charge on any atom is -0.494 e. The molecule has 3 rings (SSSR count). The molecule has 1 atom stereocenters. The monoisotopic (exact) mass is 401 g/mol. The van der Waals surface area contributed by atoms with Gasteiger partial charge in [0.2, 0.25) is 5.89 Å². The van der Waals surface area contributed by atoms with E-state index in [-0.39, 0.29) is 6.10 Å². The second kappa shape index (κ2) is 10.1. The minimum absolute atomic E-state index is 0.208. The minimum atomic E-state index is 0.208. The molecule has 1 unspecified atom stereocenters. The van der Waals surface area contributed by atoms with Crippen molar-refractivity contribution in [2.24, 2.45) is 4.99 Å². The first-order chi connectivity index (χ1) is 14.1. The number of aromatic nitrogens is 2. The molecule has 8 heteroatoms. The van der Waals surface area contributed by atoms with Crippen LogP contribution in [0.4, 0.5) is 0 Å². The number of aliphatic imine (C=N–C) groups is 1. The van der Waals surface area contributed by atoms with Gasteiger partial charge in [-0.2, -0.15) is 4.98 Å². The Morgan fingerprint density at radius 2 is 2.17 bits per heavy atom. The summed E-state index contributed by atoms with van der Waals surface area (Å²) in [5.41, 5.74) is 2.23. The molecule has 0 saturated carbocycles. The summed E-state index contributed by atoms with van der Waals surface area (Å²) in [5.74, 6) is 3.93. The lowest BCUT2D eigenvalue weighted by molar-refractivity contribution is 0.254. The van der Waals surface area contributed by atoms with Crippen molar-refractivity contribution in [2.75, 3.05) is 19.7 Å². The summed E-state index contributed by atoms with van der Waals surface area (Å²) in [7, 11) is 0. The lowest BCUT2D eigenvalue weighted by Gasteiger charge is -2.13. The van der Waals surface area contributed by atoms with Crippen LogP contribution in [-0.4, -0.2) is 41.9 Å². The third kappa shape index (κ3) is 5.85. The average molecular weight is 402 g/mol. The number of benzene rings is 1. The van der Waals surface area contributed by atoms with Crippen molar-refractivity contribution in [3.05, 3.63) is 35.0 Å². The number of aryl methyl sites for hydroxylation is 2. The predicted molar refractivity (Wildman–Crippen MR) is 112 cm³/mol. The van der Waals surface area contributed by atoms with Gasteiger partial charge in [-0.1, -0.05) is 5.16 Å². The van der Waals surface area contributed by atoms with Crippen LogP contribution in [0.1, 0.15) is 50.0 Å². The van der Waals surface area contributed by atoms with Gasteiger partial charge in [0, 0.05) is 37.1 Å². The number of rotatable bonds is 9. The Kier molecular flexibility index (Phi) is 7.32. The molecule has 1 aliphatic heterocycles. The van der Waals surface area contributed by atoms with Gasteiger partial charge in [0.15, 0.2) is 11.8 Å². The van der Waals surface area contributed by atoms with E-state index >= 15 is 0 Å². The Hall–Kier alpha value is -2.77. The number of guanidine groups is 1. The maximum Gasteiger partial charge on any atom is 0.226 e. The normalized spacial score (nSPS) is 15.7. The number of nitrogens with zero attached hydrogens (tertiary/aromatic N) is 3. The molecule has 0 amide bonds. The van der Waals surface area contributed by atoms with Gasteiger partial charge in [0.25, 0.3) is 0 Å². The lowest BCUT2D eigenvalue weighted by Crippen LogP contribution is -2.37. The molecule has 2 aromatic rings. The molecule has 0 radical (unpaired) electrons. The lowest BCUT2D eigenvalue weighted by atomic mass is 10.1. The van der Waals surface area contributed by atoms with Crippen LogP contribution >= 0.6 is 0 Å². The first-order valence-electron chi connectivity index (χ1n) is 10.4. The molecular weight excluding hydrogens is 370 g/mol. The van der Waals surface area contributed by atoms with E-state index in [2.05, 4.69) is 46.8 Å². The SMILES string of the molecule is CCNC(=NCc1cc2c(cc1OCC)CC(C)O2)NCCCc1nc(C)no1. The second-order valence-corrected chi connectivity index (χ2v) is 7.09. The molecule has 29 heavy (non-hydrogen) atoms. The van der Waals surface area contributed by atoms with Crippen LogP contribution in [0.15, 0.2) is 21.6 Å². The molecule has 0 spiro atoms. The highest BCUT2D eigenvalue weighted by Crippen LogP contribution is 2.35. The van der Waals surface area contributed by atoms with Crippen LogP contribution < -0.4 is 20.1 Å². The quantitative estimate of drug-likeness (QED) is 0.379. The van der Waals surface area contributed by atoms with Gasteiger partial charge in [-0.15, -0.1) is 0 Å². The fourth-order valence-corrected chi connectivity index (χ4v) is 3.29. The maximum absolute atomic E-state index is 5.90. The van der Waals surface area contributed by atoms with Crippen molar-refractivity contribution >= 4 is 5.96 Å². The molecule has 8 nitrogen and oxygen atoms in total. The number of hydrogen-bond acceptors (Lipinski definition) is 6. The zero-order valence-electron chi connectivity index (χ0n) is 17.7. The third-order valence-electron chi connectivity index (χ3n) is 4.56. The highest BCUT2D eigenvalue weighted by molar-refractivity contribution is 5.79. The van der Waals surface area contributed by atoms with Crippen LogP contribution in [-0.2, 0) is 19.4 Å². The molecule has 1 aromatic carbocycles. The Morgan fingerprint density at radius 1 is 1.31 bits per heavy atom. The van der Waals surface area contributed by atoms with Crippen molar-refractivity contribution in [3.8, 4) is 11.5 Å². The number of hydrogen-bond donors (Lipinski definition) is 2. The summed E-state index contributed by atoms with van der Waals surface area (Å²) < 4.78 is 16.9. The zero-order valence-corrected chi connectivity index (χ0v) is 17.7. The molecule has 158 valence electrons. The van der Waals surface area contributed by atoms with E-state index in [4.69, 9.17) is 19.0 Å². The second-order valence-electron chi connectivity index (χ2n) is 7.09. The summed E-state index contributed by atoms with van der Waals surface area (Å²) in [6, 6.07) is 4.16.